The van der Waals surface area contributed by atoms with Crippen LogP contribution < -0.4 is 5.32 Å². The number of aromatic nitrogens is 4. The standard InChI is InChI=1S/C20H22N6/c1-2-5-17(6-3-1)7-4-10-25-11-12-26-19(16-25)13-18(24-26)14-23-20-15-21-8-9-22-20/h1-9,13,15H,10-12,14,16H2,(H,22,23). The van der Waals surface area contributed by atoms with E-state index in [-0.39, 0.29) is 0 Å². The third kappa shape index (κ3) is 4.15. The Kier molecular flexibility index (Phi) is 5.02. The number of benzene rings is 1. The number of hydrogen-bond donors (Lipinski definition) is 1. The minimum absolute atomic E-state index is 0.659. The van der Waals surface area contributed by atoms with E-state index in [9.17, 15) is 0 Å². The van der Waals surface area contributed by atoms with Crippen molar-refractivity contribution in [1.82, 2.24) is 24.6 Å². The summed E-state index contributed by atoms with van der Waals surface area (Å²) in [4.78, 5) is 10.7. The lowest BCUT2D eigenvalue weighted by atomic mass is 10.2. The Bertz CT molecular complexity index is 857. The van der Waals surface area contributed by atoms with Gasteiger partial charge in [-0.15, -0.1) is 0 Å². The molecule has 2 aromatic heterocycles. The lowest BCUT2D eigenvalue weighted by Gasteiger charge is -2.26. The summed E-state index contributed by atoms with van der Waals surface area (Å²) in [6, 6.07) is 12.6. The highest BCUT2D eigenvalue weighted by molar-refractivity contribution is 5.48. The molecule has 3 aromatic rings. The van der Waals surface area contributed by atoms with Crippen LogP contribution in [0.15, 0.2) is 61.1 Å². The molecule has 1 aliphatic rings. The summed E-state index contributed by atoms with van der Waals surface area (Å²) in [6.07, 6.45) is 9.49. The highest BCUT2D eigenvalue weighted by Gasteiger charge is 2.17. The number of anilines is 1. The van der Waals surface area contributed by atoms with E-state index < -0.39 is 0 Å². The molecule has 0 amide bonds. The van der Waals surface area contributed by atoms with E-state index in [0.29, 0.717) is 6.54 Å². The van der Waals surface area contributed by atoms with Gasteiger partial charge in [0, 0.05) is 32.0 Å². The second-order valence-electron chi connectivity index (χ2n) is 6.34. The third-order valence-corrected chi connectivity index (χ3v) is 4.41. The van der Waals surface area contributed by atoms with Crippen LogP contribution in [0.4, 0.5) is 5.82 Å². The maximum Gasteiger partial charge on any atom is 0.144 e. The van der Waals surface area contributed by atoms with Gasteiger partial charge in [-0.05, 0) is 11.6 Å². The summed E-state index contributed by atoms with van der Waals surface area (Å²) in [7, 11) is 0. The van der Waals surface area contributed by atoms with Crippen molar-refractivity contribution in [3.8, 4) is 0 Å². The van der Waals surface area contributed by atoms with Gasteiger partial charge in [0.25, 0.3) is 0 Å². The Morgan fingerprint density at radius 1 is 1.12 bits per heavy atom. The second-order valence-corrected chi connectivity index (χ2v) is 6.34. The van der Waals surface area contributed by atoms with Crippen LogP contribution in [0.3, 0.4) is 0 Å². The third-order valence-electron chi connectivity index (χ3n) is 4.41. The molecule has 0 unspecified atom stereocenters. The van der Waals surface area contributed by atoms with Crippen LogP contribution in [-0.4, -0.2) is 37.7 Å². The minimum Gasteiger partial charge on any atom is -0.363 e. The molecule has 0 aliphatic carbocycles. The summed E-state index contributed by atoms with van der Waals surface area (Å²) in [5.41, 5.74) is 3.54. The molecular weight excluding hydrogens is 324 g/mol. The first-order chi connectivity index (χ1) is 12.9. The Morgan fingerprint density at radius 2 is 2.04 bits per heavy atom. The van der Waals surface area contributed by atoms with Crippen molar-refractivity contribution in [2.24, 2.45) is 0 Å². The van der Waals surface area contributed by atoms with Crippen molar-refractivity contribution in [3.63, 3.8) is 0 Å². The normalized spacial score (nSPS) is 14.5. The highest BCUT2D eigenvalue weighted by atomic mass is 15.3. The zero-order valence-corrected chi connectivity index (χ0v) is 14.6. The van der Waals surface area contributed by atoms with Gasteiger partial charge in [-0.2, -0.15) is 5.10 Å². The number of nitrogens with one attached hydrogen (secondary N) is 1. The van der Waals surface area contributed by atoms with E-state index in [2.05, 4.69) is 72.4 Å². The first-order valence-corrected chi connectivity index (χ1v) is 8.86. The summed E-state index contributed by atoms with van der Waals surface area (Å²) in [5.74, 6) is 0.770. The lowest BCUT2D eigenvalue weighted by Crippen LogP contribution is -2.33. The molecule has 0 saturated heterocycles. The molecule has 0 radical (unpaired) electrons. The van der Waals surface area contributed by atoms with Gasteiger partial charge in [-0.25, -0.2) is 4.98 Å². The summed E-state index contributed by atoms with van der Waals surface area (Å²) in [5, 5.41) is 7.95. The van der Waals surface area contributed by atoms with Gasteiger partial charge in [0.1, 0.15) is 5.82 Å². The topological polar surface area (TPSA) is 58.9 Å². The average molecular weight is 346 g/mol. The average Bonchev–Trinajstić information content (AvgIpc) is 3.10. The molecule has 6 nitrogen and oxygen atoms in total. The molecule has 0 bridgehead atoms. The first kappa shape index (κ1) is 16.5. The van der Waals surface area contributed by atoms with Gasteiger partial charge in [-0.3, -0.25) is 14.6 Å². The first-order valence-electron chi connectivity index (χ1n) is 8.86. The van der Waals surface area contributed by atoms with Gasteiger partial charge < -0.3 is 5.32 Å². The van der Waals surface area contributed by atoms with E-state index in [1.807, 2.05) is 6.07 Å². The van der Waals surface area contributed by atoms with Crippen molar-refractivity contribution in [1.29, 1.82) is 0 Å². The molecule has 6 heteroatoms. The molecule has 1 aromatic carbocycles. The summed E-state index contributed by atoms with van der Waals surface area (Å²) < 4.78 is 2.12. The van der Waals surface area contributed by atoms with E-state index in [1.165, 1.54) is 11.3 Å². The van der Waals surface area contributed by atoms with Crippen LogP contribution in [0.5, 0.6) is 0 Å². The Morgan fingerprint density at radius 3 is 2.88 bits per heavy atom. The zero-order chi connectivity index (χ0) is 17.6. The van der Waals surface area contributed by atoms with Crippen LogP contribution in [0, 0.1) is 0 Å². The second kappa shape index (κ2) is 7.93. The fraction of sp³-hybridized carbons (Fsp3) is 0.250. The minimum atomic E-state index is 0.659. The Balaban J connectivity index is 1.32. The largest absolute Gasteiger partial charge is 0.363 e. The highest BCUT2D eigenvalue weighted by Crippen LogP contribution is 2.15. The number of nitrogens with zero attached hydrogens (tertiary/aromatic N) is 5. The number of hydrogen-bond acceptors (Lipinski definition) is 5. The smallest absolute Gasteiger partial charge is 0.144 e. The van der Waals surface area contributed by atoms with Crippen molar-refractivity contribution in [3.05, 3.63) is 78.0 Å². The van der Waals surface area contributed by atoms with Gasteiger partial charge in [0.2, 0.25) is 0 Å². The van der Waals surface area contributed by atoms with Crippen molar-refractivity contribution in [2.75, 3.05) is 18.4 Å². The maximum absolute atomic E-state index is 4.69. The van der Waals surface area contributed by atoms with Crippen molar-refractivity contribution in [2.45, 2.75) is 19.6 Å². The molecule has 0 saturated carbocycles. The number of fused-ring (bicyclic) bond motifs is 1. The molecule has 0 spiro atoms. The van der Waals surface area contributed by atoms with Crippen molar-refractivity contribution >= 4 is 11.9 Å². The van der Waals surface area contributed by atoms with Crippen molar-refractivity contribution < 1.29 is 0 Å². The van der Waals surface area contributed by atoms with Crippen LogP contribution >= 0.6 is 0 Å². The molecule has 132 valence electrons. The molecule has 0 fully saturated rings. The van der Waals surface area contributed by atoms with E-state index in [4.69, 9.17) is 0 Å². The molecule has 3 heterocycles. The van der Waals surface area contributed by atoms with Crippen LogP contribution in [0.1, 0.15) is 17.0 Å². The lowest BCUT2D eigenvalue weighted by molar-refractivity contribution is 0.235. The Labute approximate surface area is 153 Å². The summed E-state index contributed by atoms with van der Waals surface area (Å²) in [6.45, 7) is 4.49. The molecular formula is C20H22N6. The van der Waals surface area contributed by atoms with Gasteiger partial charge in [0.15, 0.2) is 0 Å². The molecule has 1 aliphatic heterocycles. The van der Waals surface area contributed by atoms with E-state index >= 15 is 0 Å². The number of rotatable bonds is 6. The molecule has 4 rings (SSSR count). The van der Waals surface area contributed by atoms with Crippen LogP contribution in [-0.2, 0) is 19.6 Å². The zero-order valence-electron chi connectivity index (χ0n) is 14.6. The van der Waals surface area contributed by atoms with Gasteiger partial charge in [0.05, 0.1) is 30.7 Å². The summed E-state index contributed by atoms with van der Waals surface area (Å²) >= 11 is 0. The SMILES string of the molecule is C(=Cc1ccccc1)CN1CCn2nc(CNc3cnccn3)cc2C1. The van der Waals surface area contributed by atoms with Crippen LogP contribution in [0.25, 0.3) is 6.08 Å². The quantitative estimate of drug-likeness (QED) is 0.744. The molecule has 1 N–H and O–H groups in total. The van der Waals surface area contributed by atoms with Gasteiger partial charge >= 0.3 is 0 Å². The maximum atomic E-state index is 4.69. The predicted molar refractivity (Wildman–Crippen MR) is 102 cm³/mol. The fourth-order valence-electron chi connectivity index (χ4n) is 3.10. The molecule has 0 atom stereocenters. The predicted octanol–water partition coefficient (Wildman–Crippen LogP) is 2.81. The van der Waals surface area contributed by atoms with Gasteiger partial charge in [-0.1, -0.05) is 42.5 Å². The van der Waals surface area contributed by atoms with E-state index in [0.717, 1.165) is 37.7 Å². The van der Waals surface area contributed by atoms with E-state index in [1.54, 1.807) is 18.6 Å². The monoisotopic (exact) mass is 346 g/mol. The Hall–Kier alpha value is -2.99. The molecule has 26 heavy (non-hydrogen) atoms. The van der Waals surface area contributed by atoms with Crippen LogP contribution in [0.2, 0.25) is 0 Å². The fourth-order valence-corrected chi connectivity index (χ4v) is 3.10.